The molecular formula is C45H58N10O9. The Bertz CT molecular complexity index is 2250. The second kappa shape index (κ2) is 21.1. The van der Waals surface area contributed by atoms with Crippen LogP contribution in [0.1, 0.15) is 70.4 Å². The summed E-state index contributed by atoms with van der Waals surface area (Å²) in [7, 11) is 0. The zero-order valence-corrected chi connectivity index (χ0v) is 36.3. The van der Waals surface area contributed by atoms with E-state index in [4.69, 9.17) is 5.73 Å². The van der Waals surface area contributed by atoms with Gasteiger partial charge in [-0.2, -0.15) is 0 Å². The van der Waals surface area contributed by atoms with Crippen molar-refractivity contribution in [2.75, 3.05) is 19.6 Å². The Morgan fingerprint density at radius 1 is 0.703 bits per heavy atom. The maximum atomic E-state index is 14.4. The molecule has 0 radical (unpaired) electrons. The van der Waals surface area contributed by atoms with Gasteiger partial charge in [-0.05, 0) is 55.7 Å². The molecule has 0 saturated carbocycles. The lowest BCUT2D eigenvalue weighted by atomic mass is 9.97. The molecule has 19 heteroatoms. The zero-order chi connectivity index (χ0) is 46.1. The number of fused-ring (bicyclic) bond motifs is 3. The molecular weight excluding hydrogens is 825 g/mol. The first-order valence-corrected chi connectivity index (χ1v) is 21.9. The van der Waals surface area contributed by atoms with E-state index in [1.54, 1.807) is 43.5 Å². The molecule has 0 unspecified atom stereocenters. The van der Waals surface area contributed by atoms with Crippen LogP contribution in [0.25, 0.3) is 10.9 Å². The number of aromatic amines is 1. The lowest BCUT2D eigenvalue weighted by Gasteiger charge is -2.31. The number of hydrogen-bond donors (Lipinski definition) is 8. The third-order valence-corrected chi connectivity index (χ3v) is 12.3. The van der Waals surface area contributed by atoms with Crippen LogP contribution < -0.4 is 37.6 Å². The quantitative estimate of drug-likeness (QED) is 0.144. The van der Waals surface area contributed by atoms with E-state index < -0.39 is 114 Å². The van der Waals surface area contributed by atoms with Gasteiger partial charge in [0.15, 0.2) is 0 Å². The highest BCUT2D eigenvalue weighted by Gasteiger charge is 2.42. The average molecular weight is 883 g/mol. The summed E-state index contributed by atoms with van der Waals surface area (Å²) < 4.78 is 0. The molecule has 1 aromatic heterocycles. The van der Waals surface area contributed by atoms with Gasteiger partial charge in [0.25, 0.3) is 0 Å². The number of primary amides is 1. The molecule has 4 heterocycles. The van der Waals surface area contributed by atoms with Crippen LogP contribution in [-0.4, -0.2) is 130 Å². The highest BCUT2D eigenvalue weighted by atomic mass is 16.2. The normalized spacial score (nSPS) is 26.4. The number of benzene rings is 2. The van der Waals surface area contributed by atoms with Crippen LogP contribution in [-0.2, 0) is 56.0 Å². The van der Waals surface area contributed by atoms with Gasteiger partial charge in [-0.3, -0.25) is 43.2 Å². The highest BCUT2D eigenvalue weighted by molar-refractivity contribution is 6.00. The van der Waals surface area contributed by atoms with Crippen molar-refractivity contribution in [3.05, 3.63) is 71.9 Å². The summed E-state index contributed by atoms with van der Waals surface area (Å²) in [6.07, 6.45) is 2.78. The SMILES string of the molecule is CC[C@H](C)[C@@H]1NC(=O)[C@H](Cc2ccccc2)NC(=O)[C@@H]2CCCN2C(=O)[C@H](CC(N)=O)NC(=O)[C@H](Cc2c[nH]c3ccccc23)NC(=O)[C@@H]2CCCN2C(=O)[C@H](C)NC(=O)CNC1=O. The molecule has 8 atom stereocenters. The Morgan fingerprint density at radius 2 is 1.28 bits per heavy atom. The van der Waals surface area contributed by atoms with E-state index in [-0.39, 0.29) is 38.8 Å². The summed E-state index contributed by atoms with van der Waals surface area (Å²) in [6, 6.07) is 7.76. The topological polar surface area (TPSA) is 274 Å². The van der Waals surface area contributed by atoms with E-state index in [9.17, 15) is 43.2 Å². The second-order valence-corrected chi connectivity index (χ2v) is 16.9. The maximum Gasteiger partial charge on any atom is 0.246 e. The molecule has 3 aliphatic heterocycles. The number of carbonyl (C=O) groups is 9. The van der Waals surface area contributed by atoms with Crippen molar-refractivity contribution in [2.45, 2.75) is 114 Å². The molecule has 3 saturated heterocycles. The fraction of sp³-hybridized carbons (Fsp3) is 0.489. The molecule has 64 heavy (non-hydrogen) atoms. The van der Waals surface area contributed by atoms with Gasteiger partial charge in [0, 0.05) is 43.0 Å². The van der Waals surface area contributed by atoms with Gasteiger partial charge in [-0.15, -0.1) is 0 Å². The van der Waals surface area contributed by atoms with Crippen molar-refractivity contribution in [2.24, 2.45) is 11.7 Å². The Balaban J connectivity index is 1.35. The number of aromatic nitrogens is 1. The van der Waals surface area contributed by atoms with Gasteiger partial charge in [-0.1, -0.05) is 68.8 Å². The first kappa shape index (κ1) is 46.7. The third-order valence-electron chi connectivity index (χ3n) is 12.3. The Morgan fingerprint density at radius 3 is 1.92 bits per heavy atom. The number of nitrogens with zero attached hydrogens (tertiary/aromatic N) is 2. The molecule has 0 aliphatic carbocycles. The molecule has 3 aliphatic rings. The first-order valence-electron chi connectivity index (χ1n) is 21.9. The first-order chi connectivity index (χ1) is 30.6. The molecule has 19 nitrogen and oxygen atoms in total. The predicted octanol–water partition coefficient (Wildman–Crippen LogP) is -0.570. The van der Waals surface area contributed by atoms with Crippen LogP contribution >= 0.6 is 0 Å². The molecule has 3 aromatic rings. The minimum absolute atomic E-state index is 0.0179. The molecule has 9 amide bonds. The summed E-state index contributed by atoms with van der Waals surface area (Å²) in [6.45, 7) is 4.78. The van der Waals surface area contributed by atoms with Crippen LogP contribution in [0.4, 0.5) is 0 Å². The number of nitrogens with two attached hydrogens (primary N) is 1. The summed E-state index contributed by atoms with van der Waals surface area (Å²) in [5, 5.41) is 16.9. The number of nitrogens with one attached hydrogen (secondary N) is 7. The van der Waals surface area contributed by atoms with Crippen molar-refractivity contribution in [1.29, 1.82) is 0 Å². The smallest absolute Gasteiger partial charge is 0.246 e. The van der Waals surface area contributed by atoms with E-state index in [2.05, 4.69) is 36.9 Å². The van der Waals surface area contributed by atoms with Crippen LogP contribution in [0, 0.1) is 5.92 Å². The van der Waals surface area contributed by atoms with Crippen molar-refractivity contribution in [1.82, 2.24) is 46.7 Å². The minimum Gasteiger partial charge on any atom is -0.370 e. The predicted molar refractivity (Wildman–Crippen MR) is 233 cm³/mol. The summed E-state index contributed by atoms with van der Waals surface area (Å²) >= 11 is 0. The lowest BCUT2D eigenvalue weighted by Crippen LogP contribution is -2.61. The molecule has 2 aromatic carbocycles. The van der Waals surface area contributed by atoms with Crippen molar-refractivity contribution >= 4 is 64.1 Å². The lowest BCUT2D eigenvalue weighted by molar-refractivity contribution is -0.144. The number of para-hydroxylation sites is 1. The third kappa shape index (κ3) is 11.2. The van der Waals surface area contributed by atoms with Gasteiger partial charge in [0.05, 0.1) is 13.0 Å². The highest BCUT2D eigenvalue weighted by Crippen LogP contribution is 2.23. The maximum absolute atomic E-state index is 14.4. The van der Waals surface area contributed by atoms with E-state index >= 15 is 0 Å². The number of carbonyl (C=O) groups excluding carboxylic acids is 9. The van der Waals surface area contributed by atoms with Crippen LogP contribution in [0.15, 0.2) is 60.8 Å². The van der Waals surface area contributed by atoms with E-state index in [0.29, 0.717) is 30.4 Å². The fourth-order valence-electron chi connectivity index (χ4n) is 8.64. The van der Waals surface area contributed by atoms with Crippen LogP contribution in [0.2, 0.25) is 0 Å². The largest absolute Gasteiger partial charge is 0.370 e. The van der Waals surface area contributed by atoms with Gasteiger partial charge >= 0.3 is 0 Å². The fourth-order valence-corrected chi connectivity index (χ4v) is 8.64. The van der Waals surface area contributed by atoms with E-state index in [0.717, 1.165) is 10.9 Å². The van der Waals surface area contributed by atoms with Crippen molar-refractivity contribution < 1.29 is 43.2 Å². The summed E-state index contributed by atoms with van der Waals surface area (Å²) in [5.74, 6) is -6.83. The number of amides is 9. The monoisotopic (exact) mass is 882 g/mol. The van der Waals surface area contributed by atoms with Gasteiger partial charge < -0.3 is 52.4 Å². The Labute approximate surface area is 370 Å². The summed E-state index contributed by atoms with van der Waals surface area (Å²) in [4.78, 5) is 130. The molecule has 0 bridgehead atoms. The van der Waals surface area contributed by atoms with E-state index in [1.807, 2.05) is 31.2 Å². The standard InChI is InChI=1S/C45H58N10O9/c1-4-25(2)38-43(62)48-24-37(57)49-26(3)44(63)54-18-10-16-34(54)41(60)51-32(21-28-23-47-30-15-9-8-14-29(28)30)39(58)52-33(22-36(46)56)45(64)55-19-11-17-35(55)42(61)50-31(40(59)53-38)20-27-12-6-5-7-13-27/h5-9,12-15,23,25-26,31-35,38,47H,4,10-11,16-22,24H2,1-3H3,(H2,46,56)(H,48,62)(H,49,57)(H,50,61)(H,51,60)(H,52,58)(H,53,59)/t25-,26-,31-,32-,33-,34-,35-,38-/m0/s1. The van der Waals surface area contributed by atoms with Crippen molar-refractivity contribution in [3.8, 4) is 0 Å². The van der Waals surface area contributed by atoms with Crippen molar-refractivity contribution in [3.63, 3.8) is 0 Å². The van der Waals surface area contributed by atoms with Gasteiger partial charge in [0.1, 0.15) is 42.3 Å². The molecule has 0 spiro atoms. The molecule has 9 N–H and O–H groups in total. The van der Waals surface area contributed by atoms with Crippen LogP contribution in [0.3, 0.4) is 0 Å². The molecule has 6 rings (SSSR count). The molecule has 342 valence electrons. The minimum atomic E-state index is -1.54. The van der Waals surface area contributed by atoms with Gasteiger partial charge in [0.2, 0.25) is 53.2 Å². The number of rotatable bonds is 8. The van der Waals surface area contributed by atoms with Gasteiger partial charge in [-0.25, -0.2) is 0 Å². The average Bonchev–Trinajstić information content (AvgIpc) is 4.07. The van der Waals surface area contributed by atoms with E-state index in [1.165, 1.54) is 16.7 Å². The van der Waals surface area contributed by atoms with Crippen LogP contribution in [0.5, 0.6) is 0 Å². The zero-order valence-electron chi connectivity index (χ0n) is 36.3. The summed E-state index contributed by atoms with van der Waals surface area (Å²) in [5.41, 5.74) is 7.75. The Hall–Kier alpha value is -6.79. The number of H-pyrrole nitrogens is 1. The molecule has 3 fully saturated rings. The number of hydrogen-bond acceptors (Lipinski definition) is 9. The second-order valence-electron chi connectivity index (χ2n) is 16.9. The Kier molecular flexibility index (Phi) is 15.4.